The highest BCUT2D eigenvalue weighted by molar-refractivity contribution is 5.80. The molecule has 0 aliphatic carbocycles. The molecule has 0 radical (unpaired) electrons. The fourth-order valence-electron chi connectivity index (χ4n) is 2.20. The van der Waals surface area contributed by atoms with Crippen molar-refractivity contribution in [1.29, 1.82) is 0 Å². The Kier molecular flexibility index (Phi) is 4.85. The maximum absolute atomic E-state index is 5.04. The molecular formula is C17H17N5O. The highest BCUT2D eigenvalue weighted by atomic mass is 16.5. The molecule has 6 heteroatoms. The van der Waals surface area contributed by atoms with Gasteiger partial charge in [-0.1, -0.05) is 0 Å². The van der Waals surface area contributed by atoms with Gasteiger partial charge in [0, 0.05) is 55.8 Å². The van der Waals surface area contributed by atoms with Crippen molar-refractivity contribution in [2.75, 3.05) is 25.6 Å². The van der Waals surface area contributed by atoms with E-state index in [-0.39, 0.29) is 0 Å². The molecule has 0 atom stereocenters. The number of hydrogen-bond acceptors (Lipinski definition) is 6. The van der Waals surface area contributed by atoms with Crippen LogP contribution in [0.2, 0.25) is 0 Å². The first-order valence-electron chi connectivity index (χ1n) is 7.29. The van der Waals surface area contributed by atoms with Crippen LogP contribution in [0.5, 0.6) is 0 Å². The fraction of sp³-hybridized carbons (Fsp3) is 0.176. The third-order valence-electron chi connectivity index (χ3n) is 3.30. The highest BCUT2D eigenvalue weighted by Crippen LogP contribution is 2.29. The minimum Gasteiger partial charge on any atom is -0.383 e. The molecule has 3 aromatic rings. The van der Waals surface area contributed by atoms with Crippen molar-refractivity contribution in [3.8, 4) is 22.4 Å². The summed E-state index contributed by atoms with van der Waals surface area (Å²) in [7, 11) is 1.66. The summed E-state index contributed by atoms with van der Waals surface area (Å²) >= 11 is 0. The minimum atomic E-state index is 0.568. The molecule has 0 saturated heterocycles. The van der Waals surface area contributed by atoms with Crippen LogP contribution in [0.4, 0.5) is 5.95 Å². The van der Waals surface area contributed by atoms with E-state index in [9.17, 15) is 0 Å². The Labute approximate surface area is 134 Å². The average molecular weight is 307 g/mol. The van der Waals surface area contributed by atoms with Gasteiger partial charge in [-0.2, -0.15) is 0 Å². The third-order valence-corrected chi connectivity index (χ3v) is 3.30. The largest absolute Gasteiger partial charge is 0.383 e. The first kappa shape index (κ1) is 15.1. The average Bonchev–Trinajstić information content (AvgIpc) is 2.63. The summed E-state index contributed by atoms with van der Waals surface area (Å²) in [6.07, 6.45) is 8.88. The molecule has 1 N–H and O–H groups in total. The number of nitrogens with zero attached hydrogens (tertiary/aromatic N) is 4. The van der Waals surface area contributed by atoms with E-state index in [1.165, 1.54) is 0 Å². The lowest BCUT2D eigenvalue weighted by atomic mass is 10.0. The molecule has 0 amide bonds. The Bertz CT molecular complexity index is 749. The summed E-state index contributed by atoms with van der Waals surface area (Å²) in [6.45, 7) is 1.25. The number of nitrogens with one attached hydrogen (secondary N) is 1. The number of anilines is 1. The van der Waals surface area contributed by atoms with Crippen LogP contribution in [0.1, 0.15) is 0 Å². The Morgan fingerprint density at radius 3 is 2.61 bits per heavy atom. The van der Waals surface area contributed by atoms with E-state index in [1.807, 2.05) is 30.5 Å². The zero-order chi connectivity index (χ0) is 15.9. The molecule has 0 bridgehead atoms. The van der Waals surface area contributed by atoms with E-state index in [4.69, 9.17) is 4.74 Å². The maximum atomic E-state index is 5.04. The minimum absolute atomic E-state index is 0.568. The van der Waals surface area contributed by atoms with Crippen LogP contribution in [0.15, 0.2) is 55.2 Å². The van der Waals surface area contributed by atoms with E-state index in [2.05, 4.69) is 25.3 Å². The van der Waals surface area contributed by atoms with Crippen molar-refractivity contribution in [2.45, 2.75) is 0 Å². The molecule has 0 aromatic carbocycles. The molecule has 0 spiro atoms. The van der Waals surface area contributed by atoms with Crippen molar-refractivity contribution in [3.63, 3.8) is 0 Å². The van der Waals surface area contributed by atoms with Crippen molar-refractivity contribution >= 4 is 5.95 Å². The van der Waals surface area contributed by atoms with Gasteiger partial charge in [0.15, 0.2) is 0 Å². The van der Waals surface area contributed by atoms with Crippen molar-refractivity contribution in [2.24, 2.45) is 0 Å². The predicted molar refractivity (Wildman–Crippen MR) is 88.9 cm³/mol. The number of aromatic nitrogens is 4. The summed E-state index contributed by atoms with van der Waals surface area (Å²) in [5.41, 5.74) is 3.73. The van der Waals surface area contributed by atoms with E-state index in [0.29, 0.717) is 19.1 Å². The Morgan fingerprint density at radius 2 is 1.87 bits per heavy atom. The predicted octanol–water partition coefficient (Wildman–Crippen LogP) is 2.66. The molecular weight excluding hydrogens is 290 g/mol. The van der Waals surface area contributed by atoms with Gasteiger partial charge in [-0.05, 0) is 29.8 Å². The molecule has 0 unspecified atom stereocenters. The standard InChI is InChI=1S/C17H17N5O/c1-23-10-9-20-17-21-12-15(13-4-7-18-8-5-13)16(22-17)14-3-2-6-19-11-14/h2-8,11-12H,9-10H2,1H3,(H,20,21,22). The number of hydrogen-bond donors (Lipinski definition) is 1. The number of rotatable bonds is 6. The number of ether oxygens (including phenoxy) is 1. The molecule has 3 rings (SSSR count). The van der Waals surface area contributed by atoms with Gasteiger partial charge in [-0.25, -0.2) is 9.97 Å². The lowest BCUT2D eigenvalue weighted by Crippen LogP contribution is -2.10. The van der Waals surface area contributed by atoms with Gasteiger partial charge in [0.05, 0.1) is 12.3 Å². The SMILES string of the molecule is COCCNc1ncc(-c2ccncc2)c(-c2cccnc2)n1. The van der Waals surface area contributed by atoms with Crippen molar-refractivity contribution < 1.29 is 4.74 Å². The van der Waals surface area contributed by atoms with Crippen molar-refractivity contribution in [3.05, 3.63) is 55.2 Å². The normalized spacial score (nSPS) is 10.5. The smallest absolute Gasteiger partial charge is 0.223 e. The van der Waals surface area contributed by atoms with Crippen LogP contribution in [-0.2, 0) is 4.74 Å². The molecule has 0 saturated carbocycles. The van der Waals surface area contributed by atoms with Gasteiger partial charge in [0.2, 0.25) is 5.95 Å². The van der Waals surface area contributed by atoms with E-state index in [1.54, 1.807) is 31.9 Å². The Morgan fingerprint density at radius 1 is 1.00 bits per heavy atom. The van der Waals surface area contributed by atoms with Crippen LogP contribution in [0.25, 0.3) is 22.4 Å². The van der Waals surface area contributed by atoms with Crippen LogP contribution in [0.3, 0.4) is 0 Å². The van der Waals surface area contributed by atoms with E-state index in [0.717, 1.165) is 22.4 Å². The monoisotopic (exact) mass is 307 g/mol. The molecule has 0 fully saturated rings. The summed E-state index contributed by atoms with van der Waals surface area (Å²) in [4.78, 5) is 17.3. The molecule has 3 aromatic heterocycles. The summed E-state index contributed by atoms with van der Waals surface area (Å²) in [6, 6.07) is 7.76. The highest BCUT2D eigenvalue weighted by Gasteiger charge is 2.11. The summed E-state index contributed by atoms with van der Waals surface area (Å²) < 4.78 is 5.04. The van der Waals surface area contributed by atoms with Gasteiger partial charge < -0.3 is 10.1 Å². The third kappa shape index (κ3) is 3.67. The molecule has 0 aliphatic rings. The van der Waals surface area contributed by atoms with Crippen LogP contribution < -0.4 is 5.32 Å². The second kappa shape index (κ2) is 7.42. The first-order chi connectivity index (χ1) is 11.4. The quantitative estimate of drug-likeness (QED) is 0.706. The van der Waals surface area contributed by atoms with Gasteiger partial charge in [-0.15, -0.1) is 0 Å². The van der Waals surface area contributed by atoms with Crippen LogP contribution >= 0.6 is 0 Å². The first-order valence-corrected chi connectivity index (χ1v) is 7.29. The Balaban J connectivity index is 2.02. The zero-order valence-electron chi connectivity index (χ0n) is 12.8. The number of methoxy groups -OCH3 is 1. The van der Waals surface area contributed by atoms with Crippen LogP contribution in [-0.4, -0.2) is 40.2 Å². The van der Waals surface area contributed by atoms with Crippen LogP contribution in [0, 0.1) is 0 Å². The van der Waals surface area contributed by atoms with Gasteiger partial charge in [-0.3, -0.25) is 9.97 Å². The molecule has 116 valence electrons. The molecule has 6 nitrogen and oxygen atoms in total. The molecule has 0 aliphatic heterocycles. The molecule has 23 heavy (non-hydrogen) atoms. The second-order valence-corrected chi connectivity index (χ2v) is 4.85. The van der Waals surface area contributed by atoms with Gasteiger partial charge >= 0.3 is 0 Å². The number of pyridine rings is 2. The Hall–Kier alpha value is -2.86. The fourth-order valence-corrected chi connectivity index (χ4v) is 2.20. The lowest BCUT2D eigenvalue weighted by Gasteiger charge is -2.11. The maximum Gasteiger partial charge on any atom is 0.223 e. The van der Waals surface area contributed by atoms with E-state index < -0.39 is 0 Å². The second-order valence-electron chi connectivity index (χ2n) is 4.85. The van der Waals surface area contributed by atoms with Gasteiger partial charge in [0.1, 0.15) is 0 Å². The van der Waals surface area contributed by atoms with Gasteiger partial charge in [0.25, 0.3) is 0 Å². The molecule has 3 heterocycles. The summed E-state index contributed by atoms with van der Waals surface area (Å²) in [5.74, 6) is 0.568. The topological polar surface area (TPSA) is 72.8 Å². The van der Waals surface area contributed by atoms with E-state index >= 15 is 0 Å². The zero-order valence-corrected chi connectivity index (χ0v) is 12.8. The lowest BCUT2D eigenvalue weighted by molar-refractivity contribution is 0.210. The van der Waals surface area contributed by atoms with Crippen molar-refractivity contribution in [1.82, 2.24) is 19.9 Å². The summed E-state index contributed by atoms with van der Waals surface area (Å²) in [5, 5.41) is 3.15.